The number of nitrogens with zero attached hydrogens (tertiary/aromatic N) is 1. The standard InChI is InChI=1S/C26H34FNO3/c1-26(2,3)20-8-10-23(11-9-20)31-24-16-19(14-21(27)17-24)18-6-5-7-22(15-18)28(4)13-12-25(29)30/h5-7,14-17,20,23H,8-13H2,1-4H3,(H,29,30)/t20-,23-. The number of halogens is 1. The van der Waals surface area contributed by atoms with Gasteiger partial charge in [-0.15, -0.1) is 0 Å². The molecule has 1 N–H and O–H groups in total. The average molecular weight is 428 g/mol. The third kappa shape index (κ3) is 6.46. The predicted molar refractivity (Wildman–Crippen MR) is 123 cm³/mol. The fraction of sp³-hybridized carbons (Fsp3) is 0.500. The van der Waals surface area contributed by atoms with Crippen molar-refractivity contribution in [3.05, 3.63) is 48.3 Å². The van der Waals surface area contributed by atoms with Crippen LogP contribution in [0.15, 0.2) is 42.5 Å². The van der Waals surface area contributed by atoms with Gasteiger partial charge in [0.15, 0.2) is 0 Å². The minimum absolute atomic E-state index is 0.0656. The van der Waals surface area contributed by atoms with Crippen LogP contribution in [0.3, 0.4) is 0 Å². The molecule has 1 fully saturated rings. The smallest absolute Gasteiger partial charge is 0.305 e. The Balaban J connectivity index is 1.72. The van der Waals surface area contributed by atoms with Crippen LogP contribution in [-0.2, 0) is 4.79 Å². The third-order valence-electron chi connectivity index (χ3n) is 6.35. The van der Waals surface area contributed by atoms with Crippen molar-refractivity contribution < 1.29 is 19.0 Å². The van der Waals surface area contributed by atoms with Gasteiger partial charge >= 0.3 is 5.97 Å². The lowest BCUT2D eigenvalue weighted by Gasteiger charge is -2.37. The summed E-state index contributed by atoms with van der Waals surface area (Å²) in [6.45, 7) is 7.30. The van der Waals surface area contributed by atoms with E-state index in [1.165, 1.54) is 12.1 Å². The molecule has 0 atom stereocenters. The average Bonchev–Trinajstić information content (AvgIpc) is 2.71. The summed E-state index contributed by atoms with van der Waals surface area (Å²) in [5.74, 6) is 0.127. The molecule has 0 amide bonds. The first kappa shape index (κ1) is 23.1. The second kappa shape index (κ2) is 9.71. The third-order valence-corrected chi connectivity index (χ3v) is 6.35. The van der Waals surface area contributed by atoms with Crippen molar-refractivity contribution in [2.75, 3.05) is 18.5 Å². The molecule has 0 aromatic heterocycles. The molecule has 0 radical (unpaired) electrons. The Bertz CT molecular complexity index is 898. The number of anilines is 1. The summed E-state index contributed by atoms with van der Waals surface area (Å²) in [6.07, 6.45) is 4.47. The molecule has 0 spiro atoms. The number of rotatable bonds is 7. The molecule has 0 heterocycles. The zero-order chi connectivity index (χ0) is 22.6. The van der Waals surface area contributed by atoms with Crippen molar-refractivity contribution in [3.63, 3.8) is 0 Å². The maximum Gasteiger partial charge on any atom is 0.305 e. The molecule has 31 heavy (non-hydrogen) atoms. The Morgan fingerprint density at radius 1 is 1.10 bits per heavy atom. The Morgan fingerprint density at radius 3 is 2.45 bits per heavy atom. The fourth-order valence-corrected chi connectivity index (χ4v) is 4.35. The number of benzene rings is 2. The van der Waals surface area contributed by atoms with Crippen molar-refractivity contribution in [2.45, 2.75) is 59.0 Å². The summed E-state index contributed by atoms with van der Waals surface area (Å²) >= 11 is 0. The van der Waals surface area contributed by atoms with Gasteiger partial charge in [0, 0.05) is 25.3 Å². The molecule has 168 valence electrons. The van der Waals surface area contributed by atoms with Crippen LogP contribution in [0.1, 0.15) is 52.9 Å². The molecular formula is C26H34FNO3. The molecule has 2 aromatic carbocycles. The highest BCUT2D eigenvalue weighted by Gasteiger charge is 2.30. The van der Waals surface area contributed by atoms with Gasteiger partial charge in [-0.3, -0.25) is 4.79 Å². The van der Waals surface area contributed by atoms with E-state index in [2.05, 4.69) is 20.8 Å². The van der Waals surface area contributed by atoms with Gasteiger partial charge in [-0.05, 0) is 72.4 Å². The van der Waals surface area contributed by atoms with E-state index >= 15 is 0 Å². The highest BCUT2D eigenvalue weighted by molar-refractivity contribution is 5.71. The highest BCUT2D eigenvalue weighted by atomic mass is 19.1. The number of ether oxygens (including phenoxy) is 1. The number of aliphatic carboxylic acids is 1. The van der Waals surface area contributed by atoms with E-state index in [0.717, 1.165) is 42.5 Å². The largest absolute Gasteiger partial charge is 0.490 e. The molecule has 3 rings (SSSR count). The minimum Gasteiger partial charge on any atom is -0.490 e. The summed E-state index contributed by atoms with van der Waals surface area (Å²) in [4.78, 5) is 12.7. The SMILES string of the molecule is CN(CCC(=O)O)c1cccc(-c2cc(F)cc(O[C@H]3CC[C@H](C(C)(C)C)CC3)c2)c1. The first-order valence-corrected chi connectivity index (χ1v) is 11.1. The van der Waals surface area contributed by atoms with Crippen LogP contribution in [0.4, 0.5) is 10.1 Å². The normalized spacial score (nSPS) is 19.1. The fourth-order valence-electron chi connectivity index (χ4n) is 4.35. The second-order valence-electron chi connectivity index (χ2n) is 9.75. The lowest BCUT2D eigenvalue weighted by atomic mass is 9.72. The van der Waals surface area contributed by atoms with Gasteiger partial charge in [0.2, 0.25) is 0 Å². The van der Waals surface area contributed by atoms with Crippen LogP contribution < -0.4 is 9.64 Å². The molecule has 1 aliphatic rings. The Labute approximate surface area is 185 Å². The number of carboxylic acid groups (broad SMARTS) is 1. The van der Waals surface area contributed by atoms with Crippen molar-refractivity contribution in [3.8, 4) is 16.9 Å². The maximum atomic E-state index is 14.4. The van der Waals surface area contributed by atoms with E-state index in [-0.39, 0.29) is 18.3 Å². The molecule has 5 heteroatoms. The summed E-state index contributed by atoms with van der Waals surface area (Å²) in [5, 5.41) is 8.91. The van der Waals surface area contributed by atoms with E-state index in [4.69, 9.17) is 9.84 Å². The van der Waals surface area contributed by atoms with E-state index in [0.29, 0.717) is 23.6 Å². The second-order valence-corrected chi connectivity index (χ2v) is 9.75. The van der Waals surface area contributed by atoms with Gasteiger partial charge in [0.25, 0.3) is 0 Å². The van der Waals surface area contributed by atoms with Gasteiger partial charge in [-0.2, -0.15) is 0 Å². The lowest BCUT2D eigenvalue weighted by molar-refractivity contribution is -0.136. The Hall–Kier alpha value is -2.56. The number of carboxylic acids is 1. The Morgan fingerprint density at radius 2 is 1.81 bits per heavy atom. The van der Waals surface area contributed by atoms with Crippen molar-refractivity contribution in [2.24, 2.45) is 11.3 Å². The Kier molecular flexibility index (Phi) is 7.24. The van der Waals surface area contributed by atoms with Crippen LogP contribution in [-0.4, -0.2) is 30.8 Å². The van der Waals surface area contributed by atoms with Crippen molar-refractivity contribution >= 4 is 11.7 Å². The summed E-state index contributed by atoms with van der Waals surface area (Å²) in [7, 11) is 1.86. The molecule has 2 aromatic rings. The zero-order valence-corrected chi connectivity index (χ0v) is 19.0. The van der Waals surface area contributed by atoms with Crippen LogP contribution in [0.2, 0.25) is 0 Å². The van der Waals surface area contributed by atoms with Crippen LogP contribution in [0.25, 0.3) is 11.1 Å². The summed E-state index contributed by atoms with van der Waals surface area (Å²) < 4.78 is 20.6. The topological polar surface area (TPSA) is 49.8 Å². The lowest BCUT2D eigenvalue weighted by Crippen LogP contribution is -2.30. The highest BCUT2D eigenvalue weighted by Crippen LogP contribution is 2.39. The monoisotopic (exact) mass is 427 g/mol. The number of hydrogen-bond acceptors (Lipinski definition) is 3. The van der Waals surface area contributed by atoms with Gasteiger partial charge in [0.05, 0.1) is 12.5 Å². The van der Waals surface area contributed by atoms with E-state index < -0.39 is 5.97 Å². The van der Waals surface area contributed by atoms with E-state index in [1.54, 1.807) is 0 Å². The first-order chi connectivity index (χ1) is 14.6. The van der Waals surface area contributed by atoms with E-state index in [1.807, 2.05) is 42.3 Å². The van der Waals surface area contributed by atoms with Crippen LogP contribution in [0, 0.1) is 17.2 Å². The predicted octanol–water partition coefficient (Wildman–Crippen LogP) is 6.39. The van der Waals surface area contributed by atoms with Gasteiger partial charge in [-0.1, -0.05) is 32.9 Å². The van der Waals surface area contributed by atoms with Crippen molar-refractivity contribution in [1.29, 1.82) is 0 Å². The molecule has 1 saturated carbocycles. The zero-order valence-electron chi connectivity index (χ0n) is 19.0. The summed E-state index contributed by atoms with van der Waals surface area (Å²) in [6, 6.07) is 12.6. The first-order valence-electron chi connectivity index (χ1n) is 11.1. The van der Waals surface area contributed by atoms with Gasteiger partial charge in [0.1, 0.15) is 11.6 Å². The molecule has 4 nitrogen and oxygen atoms in total. The molecule has 0 unspecified atom stereocenters. The number of carbonyl (C=O) groups is 1. The molecular weight excluding hydrogens is 393 g/mol. The van der Waals surface area contributed by atoms with E-state index in [9.17, 15) is 9.18 Å². The van der Waals surface area contributed by atoms with Gasteiger partial charge in [-0.25, -0.2) is 4.39 Å². The summed E-state index contributed by atoms with van der Waals surface area (Å²) in [5.41, 5.74) is 2.85. The molecule has 0 saturated heterocycles. The molecule has 0 bridgehead atoms. The van der Waals surface area contributed by atoms with Crippen LogP contribution >= 0.6 is 0 Å². The molecule has 0 aliphatic heterocycles. The van der Waals surface area contributed by atoms with Crippen LogP contribution in [0.5, 0.6) is 5.75 Å². The minimum atomic E-state index is -0.827. The van der Waals surface area contributed by atoms with Gasteiger partial charge < -0.3 is 14.7 Å². The molecule has 1 aliphatic carbocycles. The van der Waals surface area contributed by atoms with Crippen molar-refractivity contribution in [1.82, 2.24) is 0 Å². The maximum absolute atomic E-state index is 14.4. The number of hydrogen-bond donors (Lipinski definition) is 1. The quantitative estimate of drug-likeness (QED) is 0.556.